The van der Waals surface area contributed by atoms with Gasteiger partial charge in [0.25, 0.3) is 0 Å². The Morgan fingerprint density at radius 1 is 1.20 bits per heavy atom. The Morgan fingerprint density at radius 2 is 1.93 bits per heavy atom. The van der Waals surface area contributed by atoms with Crippen LogP contribution in [0.1, 0.15) is 43.9 Å². The largest absolute Gasteiger partial charge is 0.490 e. The molecule has 0 aromatic heterocycles. The molecule has 0 bridgehead atoms. The summed E-state index contributed by atoms with van der Waals surface area (Å²) in [5, 5.41) is 0. The summed E-state index contributed by atoms with van der Waals surface area (Å²) < 4.78 is 49.1. The van der Waals surface area contributed by atoms with Crippen LogP contribution in [0.5, 0.6) is 11.5 Å². The number of carbonyl (C=O) groups is 1. The van der Waals surface area contributed by atoms with Gasteiger partial charge in [-0.3, -0.25) is 4.79 Å². The molecule has 0 N–H and O–H groups in total. The van der Waals surface area contributed by atoms with Crippen LogP contribution < -0.4 is 9.47 Å². The first-order chi connectivity index (χ1) is 14.4. The minimum atomic E-state index is -2.96. The van der Waals surface area contributed by atoms with Gasteiger partial charge in [0.05, 0.1) is 12.6 Å². The predicted octanol–water partition coefficient (Wildman–Crippen LogP) is 5.59. The third kappa shape index (κ3) is 5.34. The number of benzene rings is 2. The molecule has 0 saturated heterocycles. The lowest BCUT2D eigenvalue weighted by Crippen LogP contribution is -2.34. The first kappa shape index (κ1) is 21.7. The normalized spacial score (nSPS) is 14.7. The van der Waals surface area contributed by atoms with Crippen molar-refractivity contribution >= 4 is 12.0 Å². The molecule has 1 atom stereocenters. The quantitative estimate of drug-likeness (QED) is 0.497. The second kappa shape index (κ2) is 9.69. The molecule has 0 aliphatic heterocycles. The molecule has 2 aromatic rings. The highest BCUT2D eigenvalue weighted by atomic mass is 19.3. The zero-order chi connectivity index (χ0) is 21.7. The fourth-order valence-electron chi connectivity index (χ4n) is 3.35. The molecule has 30 heavy (non-hydrogen) atoms. The van der Waals surface area contributed by atoms with Gasteiger partial charge in [0.1, 0.15) is 5.82 Å². The minimum absolute atomic E-state index is 0.0666. The van der Waals surface area contributed by atoms with Crippen molar-refractivity contribution in [2.75, 3.05) is 6.61 Å². The average Bonchev–Trinajstić information content (AvgIpc) is 3.53. The first-order valence-electron chi connectivity index (χ1n) is 9.87. The number of hydrogen-bond acceptors (Lipinski definition) is 3. The number of nitrogens with zero attached hydrogens (tertiary/aromatic N) is 1. The molecule has 1 fully saturated rings. The maximum Gasteiger partial charge on any atom is 0.387 e. The van der Waals surface area contributed by atoms with Crippen molar-refractivity contribution < 1.29 is 27.4 Å². The molecule has 0 spiro atoms. The van der Waals surface area contributed by atoms with E-state index in [0.717, 1.165) is 12.8 Å². The molecule has 1 amide bonds. The van der Waals surface area contributed by atoms with E-state index in [1.54, 1.807) is 42.2 Å². The van der Waals surface area contributed by atoms with E-state index in [1.165, 1.54) is 24.3 Å². The molecule has 0 radical (unpaired) electrons. The number of halogens is 3. The Morgan fingerprint density at radius 3 is 2.57 bits per heavy atom. The van der Waals surface area contributed by atoms with E-state index in [4.69, 9.17) is 4.74 Å². The molecular formula is C23H24F3NO3. The lowest BCUT2D eigenvalue weighted by atomic mass is 10.1. The second-order valence-electron chi connectivity index (χ2n) is 7.03. The Kier molecular flexibility index (Phi) is 7.03. The summed E-state index contributed by atoms with van der Waals surface area (Å²) in [7, 11) is 0. The number of carbonyl (C=O) groups excluding carboxylic acids is 1. The van der Waals surface area contributed by atoms with E-state index in [2.05, 4.69) is 4.74 Å². The van der Waals surface area contributed by atoms with Gasteiger partial charge < -0.3 is 14.4 Å². The van der Waals surface area contributed by atoms with Gasteiger partial charge in [0.2, 0.25) is 5.91 Å². The molecule has 1 aliphatic carbocycles. The molecule has 2 aromatic carbocycles. The van der Waals surface area contributed by atoms with Crippen LogP contribution in [-0.2, 0) is 4.79 Å². The van der Waals surface area contributed by atoms with Gasteiger partial charge in [-0.15, -0.1) is 0 Å². The lowest BCUT2D eigenvalue weighted by molar-refractivity contribution is -0.128. The predicted molar refractivity (Wildman–Crippen MR) is 108 cm³/mol. The van der Waals surface area contributed by atoms with Crippen molar-refractivity contribution in [1.29, 1.82) is 0 Å². The van der Waals surface area contributed by atoms with Gasteiger partial charge in [-0.1, -0.05) is 24.3 Å². The average molecular weight is 419 g/mol. The van der Waals surface area contributed by atoms with Gasteiger partial charge >= 0.3 is 6.61 Å². The van der Waals surface area contributed by atoms with E-state index in [0.29, 0.717) is 11.1 Å². The zero-order valence-corrected chi connectivity index (χ0v) is 16.9. The molecule has 3 rings (SSSR count). The first-order valence-corrected chi connectivity index (χ1v) is 9.87. The highest BCUT2D eigenvalue weighted by Gasteiger charge is 2.36. The Balaban J connectivity index is 1.79. The summed E-state index contributed by atoms with van der Waals surface area (Å²) in [4.78, 5) is 14.6. The SMILES string of the molecule is CCOc1cc(/C=C/C(=O)N(C2CC2)[C@@H](C)c2ccccc2F)ccc1OC(F)F. The second-order valence-corrected chi connectivity index (χ2v) is 7.03. The number of ether oxygens (including phenoxy) is 2. The van der Waals surface area contributed by atoms with Crippen molar-refractivity contribution in [2.24, 2.45) is 0 Å². The molecule has 0 unspecified atom stereocenters. The highest BCUT2D eigenvalue weighted by Crippen LogP contribution is 2.35. The third-order valence-electron chi connectivity index (χ3n) is 4.87. The van der Waals surface area contributed by atoms with E-state index in [9.17, 15) is 18.0 Å². The monoisotopic (exact) mass is 419 g/mol. The summed E-state index contributed by atoms with van der Waals surface area (Å²) in [6, 6.07) is 10.6. The van der Waals surface area contributed by atoms with Gasteiger partial charge in [0.15, 0.2) is 11.5 Å². The Bertz CT molecular complexity index is 912. The van der Waals surface area contributed by atoms with E-state index in [-0.39, 0.29) is 35.9 Å². The number of rotatable bonds is 9. The van der Waals surface area contributed by atoms with Crippen LogP contribution in [0.15, 0.2) is 48.5 Å². The standard InChI is InChI=1S/C23H24F3NO3/c1-3-29-21-14-16(8-12-20(21)30-23(25)26)9-13-22(28)27(17-10-11-17)15(2)18-6-4-5-7-19(18)24/h4-9,12-15,17,23H,3,10-11H2,1-2H3/b13-9+/t15-/m0/s1. The van der Waals surface area contributed by atoms with Gasteiger partial charge in [-0.05, 0) is 56.5 Å². The van der Waals surface area contributed by atoms with Crippen molar-refractivity contribution in [3.8, 4) is 11.5 Å². The number of alkyl halides is 2. The summed E-state index contributed by atoms with van der Waals surface area (Å²) in [6.07, 6.45) is 4.76. The van der Waals surface area contributed by atoms with Crippen LogP contribution in [0.2, 0.25) is 0 Å². The molecule has 0 heterocycles. The molecule has 160 valence electrons. The van der Waals surface area contributed by atoms with Crippen molar-refractivity contribution in [3.05, 3.63) is 65.5 Å². The topological polar surface area (TPSA) is 38.8 Å². The number of hydrogen-bond donors (Lipinski definition) is 0. The maximum absolute atomic E-state index is 14.2. The molecule has 1 saturated carbocycles. The summed E-state index contributed by atoms with van der Waals surface area (Å²) >= 11 is 0. The van der Waals surface area contributed by atoms with Gasteiger partial charge in [0, 0.05) is 17.7 Å². The van der Waals surface area contributed by atoms with Gasteiger partial charge in [-0.25, -0.2) is 4.39 Å². The molecule has 1 aliphatic rings. The van der Waals surface area contributed by atoms with E-state index >= 15 is 0 Å². The van der Waals surface area contributed by atoms with Crippen molar-refractivity contribution in [1.82, 2.24) is 4.90 Å². The molecule has 4 nitrogen and oxygen atoms in total. The van der Waals surface area contributed by atoms with Crippen LogP contribution in [0, 0.1) is 5.82 Å². The fraction of sp³-hybridized carbons (Fsp3) is 0.348. The van der Waals surface area contributed by atoms with Crippen LogP contribution in [-0.4, -0.2) is 30.1 Å². The fourth-order valence-corrected chi connectivity index (χ4v) is 3.35. The third-order valence-corrected chi connectivity index (χ3v) is 4.87. The van der Waals surface area contributed by atoms with E-state index < -0.39 is 12.7 Å². The van der Waals surface area contributed by atoms with Crippen LogP contribution in [0.3, 0.4) is 0 Å². The van der Waals surface area contributed by atoms with Crippen molar-refractivity contribution in [2.45, 2.75) is 45.4 Å². The van der Waals surface area contributed by atoms with Crippen LogP contribution >= 0.6 is 0 Å². The van der Waals surface area contributed by atoms with Crippen LogP contribution in [0.4, 0.5) is 13.2 Å². The van der Waals surface area contributed by atoms with Crippen molar-refractivity contribution in [3.63, 3.8) is 0 Å². The lowest BCUT2D eigenvalue weighted by Gasteiger charge is -2.29. The van der Waals surface area contributed by atoms with Crippen LogP contribution in [0.25, 0.3) is 6.08 Å². The minimum Gasteiger partial charge on any atom is -0.490 e. The highest BCUT2D eigenvalue weighted by molar-refractivity contribution is 5.92. The molecule has 7 heteroatoms. The summed E-state index contributed by atoms with van der Waals surface area (Å²) in [5.74, 6) is -0.475. The summed E-state index contributed by atoms with van der Waals surface area (Å²) in [6.45, 7) is 0.864. The number of amides is 1. The smallest absolute Gasteiger partial charge is 0.387 e. The Labute approximate surface area is 173 Å². The maximum atomic E-state index is 14.2. The molecular weight excluding hydrogens is 395 g/mol. The summed E-state index contributed by atoms with van der Waals surface area (Å²) in [5.41, 5.74) is 1.07. The zero-order valence-electron chi connectivity index (χ0n) is 16.9. The van der Waals surface area contributed by atoms with Gasteiger partial charge in [-0.2, -0.15) is 8.78 Å². The van der Waals surface area contributed by atoms with E-state index in [1.807, 2.05) is 6.92 Å². The Hall–Kier alpha value is -2.96.